The van der Waals surface area contributed by atoms with Crippen LogP contribution >= 0.6 is 34.0 Å². The van der Waals surface area contributed by atoms with Crippen LogP contribution in [0.25, 0.3) is 15.0 Å². The van der Waals surface area contributed by atoms with Gasteiger partial charge in [-0.3, -0.25) is 4.79 Å². The summed E-state index contributed by atoms with van der Waals surface area (Å²) in [5.74, 6) is -0.0936. The number of rotatable bonds is 5. The second-order valence-corrected chi connectivity index (χ2v) is 8.70. The quantitative estimate of drug-likeness (QED) is 0.530. The van der Waals surface area contributed by atoms with E-state index in [1.807, 2.05) is 54.4 Å². The smallest absolute Gasteiger partial charge is 0.263 e. The van der Waals surface area contributed by atoms with Crippen LogP contribution in [0.2, 0.25) is 0 Å². The predicted molar refractivity (Wildman–Crippen MR) is 108 cm³/mol. The molecule has 1 amide bonds. The number of hydrogen-bond acceptors (Lipinski definition) is 6. The maximum atomic E-state index is 12.6. The second-order valence-electron chi connectivity index (χ2n) is 5.69. The van der Waals surface area contributed by atoms with Gasteiger partial charge in [0, 0.05) is 17.3 Å². The third-order valence-corrected chi connectivity index (χ3v) is 7.22. The van der Waals surface area contributed by atoms with Crippen LogP contribution in [0, 0.1) is 13.8 Å². The molecule has 26 heavy (non-hydrogen) atoms. The highest BCUT2D eigenvalue weighted by atomic mass is 32.1. The molecule has 0 saturated carbocycles. The number of nitrogens with one attached hydrogen (secondary N) is 1. The molecule has 0 radical (unpaired) electrons. The standard InChI is InChI=1S/C18H16N4OS3/c1-11-14(25-17(20-11)13-6-5-9-24-13)10-19-16(23)15-12(2)21-18(26-15)22-7-3-4-8-22/h3-9H,10H2,1-2H3,(H,19,23). The second kappa shape index (κ2) is 7.14. The van der Waals surface area contributed by atoms with Crippen LogP contribution in [-0.2, 0) is 6.54 Å². The van der Waals surface area contributed by atoms with Gasteiger partial charge in [0.05, 0.1) is 22.8 Å². The van der Waals surface area contributed by atoms with Crippen LogP contribution < -0.4 is 5.32 Å². The van der Waals surface area contributed by atoms with Gasteiger partial charge in [-0.1, -0.05) is 17.4 Å². The molecule has 0 saturated heterocycles. The Labute approximate surface area is 163 Å². The number of amides is 1. The van der Waals surface area contributed by atoms with E-state index in [1.165, 1.54) is 11.3 Å². The van der Waals surface area contributed by atoms with E-state index in [1.54, 1.807) is 22.7 Å². The van der Waals surface area contributed by atoms with Gasteiger partial charge in [-0.15, -0.1) is 22.7 Å². The molecule has 5 nitrogen and oxygen atoms in total. The van der Waals surface area contributed by atoms with Crippen LogP contribution in [-0.4, -0.2) is 20.4 Å². The van der Waals surface area contributed by atoms with Gasteiger partial charge < -0.3 is 9.88 Å². The predicted octanol–water partition coefficient (Wildman–Crippen LogP) is 4.67. The van der Waals surface area contributed by atoms with Gasteiger partial charge in [-0.2, -0.15) is 0 Å². The molecule has 4 heterocycles. The van der Waals surface area contributed by atoms with E-state index in [9.17, 15) is 4.79 Å². The van der Waals surface area contributed by atoms with Crippen LogP contribution in [0.15, 0.2) is 42.0 Å². The first-order chi connectivity index (χ1) is 12.6. The lowest BCUT2D eigenvalue weighted by Crippen LogP contribution is -2.22. The van der Waals surface area contributed by atoms with Crippen molar-refractivity contribution in [1.82, 2.24) is 19.9 Å². The van der Waals surface area contributed by atoms with Crippen molar-refractivity contribution in [3.8, 4) is 15.0 Å². The number of carbonyl (C=O) groups is 1. The van der Waals surface area contributed by atoms with E-state index >= 15 is 0 Å². The van der Waals surface area contributed by atoms with Crippen LogP contribution in [0.5, 0.6) is 0 Å². The SMILES string of the molecule is Cc1nc(-c2cccs2)sc1CNC(=O)c1sc(-n2cccc2)nc1C. The van der Waals surface area contributed by atoms with E-state index < -0.39 is 0 Å². The normalized spacial score (nSPS) is 11.0. The molecule has 0 unspecified atom stereocenters. The number of thiophene rings is 1. The topological polar surface area (TPSA) is 59.8 Å². The van der Waals surface area contributed by atoms with E-state index in [2.05, 4.69) is 21.4 Å². The van der Waals surface area contributed by atoms with Crippen molar-refractivity contribution < 1.29 is 4.79 Å². The van der Waals surface area contributed by atoms with Crippen molar-refractivity contribution in [2.75, 3.05) is 0 Å². The number of aryl methyl sites for hydroxylation is 2. The fourth-order valence-electron chi connectivity index (χ4n) is 2.50. The summed E-state index contributed by atoms with van der Waals surface area (Å²) >= 11 is 4.70. The first-order valence-electron chi connectivity index (χ1n) is 8.01. The van der Waals surface area contributed by atoms with Gasteiger partial charge in [0.25, 0.3) is 5.91 Å². The Balaban J connectivity index is 1.48. The Morgan fingerprint density at radius 1 is 1.12 bits per heavy atom. The molecule has 0 bridgehead atoms. The van der Waals surface area contributed by atoms with Crippen LogP contribution in [0.1, 0.15) is 25.9 Å². The molecule has 0 aliphatic carbocycles. The monoisotopic (exact) mass is 400 g/mol. The summed E-state index contributed by atoms with van der Waals surface area (Å²) in [5, 5.41) is 6.86. The minimum atomic E-state index is -0.0936. The summed E-state index contributed by atoms with van der Waals surface area (Å²) < 4.78 is 1.91. The van der Waals surface area contributed by atoms with Crippen LogP contribution in [0.3, 0.4) is 0 Å². The lowest BCUT2D eigenvalue weighted by atomic mass is 10.3. The molecule has 0 spiro atoms. The lowest BCUT2D eigenvalue weighted by molar-refractivity contribution is 0.0954. The van der Waals surface area contributed by atoms with Crippen molar-refractivity contribution in [2.24, 2.45) is 0 Å². The molecule has 132 valence electrons. The molecular weight excluding hydrogens is 384 g/mol. The largest absolute Gasteiger partial charge is 0.346 e. The number of nitrogens with zero attached hydrogens (tertiary/aromatic N) is 3. The Morgan fingerprint density at radius 3 is 2.65 bits per heavy atom. The summed E-state index contributed by atoms with van der Waals surface area (Å²) in [7, 11) is 0. The first kappa shape index (κ1) is 17.1. The van der Waals surface area contributed by atoms with Crippen molar-refractivity contribution in [1.29, 1.82) is 0 Å². The average Bonchev–Trinajstić information content (AvgIpc) is 3.39. The van der Waals surface area contributed by atoms with Gasteiger partial charge in [-0.05, 0) is 37.4 Å². The van der Waals surface area contributed by atoms with Gasteiger partial charge in [0.2, 0.25) is 0 Å². The average molecular weight is 401 g/mol. The Kier molecular flexibility index (Phi) is 4.71. The molecule has 0 aromatic carbocycles. The number of aromatic nitrogens is 3. The van der Waals surface area contributed by atoms with Crippen LogP contribution in [0.4, 0.5) is 0 Å². The maximum Gasteiger partial charge on any atom is 0.263 e. The van der Waals surface area contributed by atoms with Gasteiger partial charge in [0.15, 0.2) is 5.13 Å². The molecule has 1 N–H and O–H groups in total. The number of thiazole rings is 2. The molecular formula is C18H16N4OS3. The molecule has 0 aliphatic heterocycles. The van der Waals surface area contributed by atoms with Gasteiger partial charge in [0.1, 0.15) is 9.88 Å². The van der Waals surface area contributed by atoms with E-state index in [0.29, 0.717) is 11.4 Å². The van der Waals surface area contributed by atoms with Crippen molar-refractivity contribution >= 4 is 39.9 Å². The molecule has 0 fully saturated rings. The summed E-state index contributed by atoms with van der Waals surface area (Å²) in [6.07, 6.45) is 3.85. The minimum absolute atomic E-state index is 0.0936. The number of carbonyl (C=O) groups excluding carboxylic acids is 1. The highest BCUT2D eigenvalue weighted by Crippen LogP contribution is 2.31. The summed E-state index contributed by atoms with van der Waals surface area (Å²) in [4.78, 5) is 24.6. The third-order valence-electron chi connectivity index (χ3n) is 3.85. The summed E-state index contributed by atoms with van der Waals surface area (Å²) in [5.41, 5.74) is 1.71. The fourth-order valence-corrected chi connectivity index (χ4v) is 5.25. The number of hydrogen-bond donors (Lipinski definition) is 1. The van der Waals surface area contributed by atoms with E-state index in [4.69, 9.17) is 0 Å². The Hall–Kier alpha value is -2.29. The molecule has 8 heteroatoms. The molecule has 0 aliphatic rings. The highest BCUT2D eigenvalue weighted by molar-refractivity contribution is 7.21. The van der Waals surface area contributed by atoms with Crippen molar-refractivity contribution in [2.45, 2.75) is 20.4 Å². The fraction of sp³-hybridized carbons (Fsp3) is 0.167. The molecule has 4 aromatic heterocycles. The minimum Gasteiger partial charge on any atom is -0.346 e. The van der Waals surface area contributed by atoms with Crippen molar-refractivity contribution in [3.05, 3.63) is 63.2 Å². The molecule has 0 atom stereocenters. The zero-order valence-corrected chi connectivity index (χ0v) is 16.7. The summed E-state index contributed by atoms with van der Waals surface area (Å²) in [6.45, 7) is 4.33. The van der Waals surface area contributed by atoms with Crippen molar-refractivity contribution in [3.63, 3.8) is 0 Å². The third kappa shape index (κ3) is 3.35. The van der Waals surface area contributed by atoms with E-state index in [-0.39, 0.29) is 5.91 Å². The zero-order chi connectivity index (χ0) is 18.1. The molecule has 4 rings (SSSR count). The highest BCUT2D eigenvalue weighted by Gasteiger charge is 2.17. The molecule has 4 aromatic rings. The maximum absolute atomic E-state index is 12.6. The zero-order valence-electron chi connectivity index (χ0n) is 14.2. The Morgan fingerprint density at radius 2 is 1.92 bits per heavy atom. The first-order valence-corrected chi connectivity index (χ1v) is 10.5. The summed E-state index contributed by atoms with van der Waals surface area (Å²) in [6, 6.07) is 7.96. The Bertz CT molecular complexity index is 1030. The van der Waals surface area contributed by atoms with E-state index in [0.717, 1.165) is 31.3 Å². The lowest BCUT2D eigenvalue weighted by Gasteiger charge is -2.02. The van der Waals surface area contributed by atoms with Gasteiger partial charge in [-0.25, -0.2) is 9.97 Å². The van der Waals surface area contributed by atoms with Gasteiger partial charge >= 0.3 is 0 Å².